The fourth-order valence-corrected chi connectivity index (χ4v) is 3.99. The van der Waals surface area contributed by atoms with Gasteiger partial charge in [-0.3, -0.25) is 9.69 Å². The van der Waals surface area contributed by atoms with E-state index in [-0.39, 0.29) is 17.4 Å². The molecule has 0 fully saturated rings. The molecule has 4 nitrogen and oxygen atoms in total. The number of rotatable bonds is 3. The summed E-state index contributed by atoms with van der Waals surface area (Å²) in [5.41, 5.74) is 4.11. The van der Waals surface area contributed by atoms with Crippen LogP contribution < -0.4 is 9.47 Å². The average molecular weight is 401 g/mol. The van der Waals surface area contributed by atoms with E-state index in [9.17, 15) is 9.18 Å². The molecular weight excluding hydrogens is 381 g/mol. The Bertz CT molecular complexity index is 1170. The summed E-state index contributed by atoms with van der Waals surface area (Å²) in [4.78, 5) is 15.1. The lowest BCUT2D eigenvalue weighted by atomic mass is 10.00. The second-order valence-electron chi connectivity index (χ2n) is 7.61. The minimum Gasteiger partial charge on any atom is -0.477 e. The topological polar surface area (TPSA) is 38.8 Å². The van der Waals surface area contributed by atoms with Gasteiger partial charge in [-0.05, 0) is 42.3 Å². The second kappa shape index (κ2) is 7.43. The highest BCUT2D eigenvalue weighted by atomic mass is 19.1. The molecule has 5 heteroatoms. The molecule has 0 aliphatic carbocycles. The van der Waals surface area contributed by atoms with Crippen LogP contribution in [0.4, 0.5) is 4.39 Å². The predicted molar refractivity (Wildman–Crippen MR) is 112 cm³/mol. The standard InChI is InChI=1S/C25H20FNO3/c1-16-24-19(14-27(15-29-24)13-17-6-3-2-4-7-17)12-21-23(28)22(30-25(16)21)11-18-8-5-9-20(26)10-18/h2-12H,13-15H2,1H3/b22-11-. The van der Waals surface area contributed by atoms with Crippen LogP contribution in [-0.2, 0) is 13.1 Å². The van der Waals surface area contributed by atoms with E-state index in [1.165, 1.54) is 17.7 Å². The van der Waals surface area contributed by atoms with Crippen LogP contribution in [0.3, 0.4) is 0 Å². The molecule has 0 N–H and O–H groups in total. The maximum Gasteiger partial charge on any atom is 0.231 e. The number of fused-ring (bicyclic) bond motifs is 2. The first-order valence-corrected chi connectivity index (χ1v) is 9.84. The number of carbonyl (C=O) groups is 1. The number of ketones is 1. The van der Waals surface area contributed by atoms with Crippen molar-refractivity contribution in [3.63, 3.8) is 0 Å². The molecule has 0 radical (unpaired) electrons. The summed E-state index contributed by atoms with van der Waals surface area (Å²) in [6.07, 6.45) is 1.58. The maximum absolute atomic E-state index is 13.5. The van der Waals surface area contributed by atoms with Gasteiger partial charge in [0.25, 0.3) is 0 Å². The van der Waals surface area contributed by atoms with E-state index >= 15 is 0 Å². The van der Waals surface area contributed by atoms with Crippen molar-refractivity contribution in [1.82, 2.24) is 4.90 Å². The minimum atomic E-state index is -0.356. The van der Waals surface area contributed by atoms with E-state index in [1.807, 2.05) is 31.2 Å². The largest absolute Gasteiger partial charge is 0.477 e. The van der Waals surface area contributed by atoms with Crippen molar-refractivity contribution in [3.8, 4) is 11.5 Å². The van der Waals surface area contributed by atoms with Crippen LogP contribution in [0.15, 0.2) is 66.4 Å². The number of ether oxygens (including phenoxy) is 2. The molecule has 0 spiro atoms. The summed E-state index contributed by atoms with van der Waals surface area (Å²) in [7, 11) is 0. The van der Waals surface area contributed by atoms with Gasteiger partial charge in [-0.1, -0.05) is 42.5 Å². The summed E-state index contributed by atoms with van der Waals surface area (Å²) >= 11 is 0. The van der Waals surface area contributed by atoms with Crippen molar-refractivity contribution in [2.45, 2.75) is 20.0 Å². The van der Waals surface area contributed by atoms with Gasteiger partial charge in [0.2, 0.25) is 5.78 Å². The molecule has 3 aromatic carbocycles. The van der Waals surface area contributed by atoms with Crippen molar-refractivity contribution in [2.24, 2.45) is 0 Å². The predicted octanol–water partition coefficient (Wildman–Crippen LogP) is 5.10. The fraction of sp³-hybridized carbons (Fsp3) is 0.160. The van der Waals surface area contributed by atoms with Crippen LogP contribution in [-0.4, -0.2) is 17.4 Å². The summed E-state index contributed by atoms with van der Waals surface area (Å²) in [5.74, 6) is 0.948. The summed E-state index contributed by atoms with van der Waals surface area (Å²) in [5, 5.41) is 0. The van der Waals surface area contributed by atoms with Crippen LogP contribution >= 0.6 is 0 Å². The van der Waals surface area contributed by atoms with Gasteiger partial charge < -0.3 is 9.47 Å². The average Bonchev–Trinajstić information content (AvgIpc) is 3.05. The van der Waals surface area contributed by atoms with Gasteiger partial charge in [-0.25, -0.2) is 4.39 Å². The van der Waals surface area contributed by atoms with Crippen LogP contribution in [0, 0.1) is 12.7 Å². The normalized spacial score (nSPS) is 16.7. The molecule has 2 heterocycles. The zero-order valence-corrected chi connectivity index (χ0v) is 16.5. The maximum atomic E-state index is 13.5. The molecule has 3 aromatic rings. The molecule has 0 amide bonds. The van der Waals surface area contributed by atoms with E-state index in [1.54, 1.807) is 18.2 Å². The van der Waals surface area contributed by atoms with Crippen molar-refractivity contribution < 1.29 is 18.7 Å². The number of Topliss-reactive ketones (excluding diaryl/α,β-unsaturated/α-hetero) is 1. The second-order valence-corrected chi connectivity index (χ2v) is 7.61. The van der Waals surface area contributed by atoms with Gasteiger partial charge >= 0.3 is 0 Å². The lowest BCUT2D eigenvalue weighted by Gasteiger charge is -2.30. The van der Waals surface area contributed by atoms with Gasteiger partial charge in [-0.2, -0.15) is 0 Å². The Morgan fingerprint density at radius 1 is 1.07 bits per heavy atom. The van der Waals surface area contributed by atoms with Gasteiger partial charge in [0.05, 0.1) is 5.56 Å². The Balaban J connectivity index is 1.44. The smallest absolute Gasteiger partial charge is 0.231 e. The fourth-order valence-electron chi connectivity index (χ4n) is 3.99. The molecule has 0 saturated carbocycles. The van der Waals surface area contributed by atoms with E-state index < -0.39 is 0 Å². The number of benzene rings is 3. The number of allylic oxidation sites excluding steroid dienone is 1. The Morgan fingerprint density at radius 3 is 2.70 bits per heavy atom. The number of nitrogens with zero attached hydrogens (tertiary/aromatic N) is 1. The van der Waals surface area contributed by atoms with Gasteiger partial charge in [-0.15, -0.1) is 0 Å². The number of carbonyl (C=O) groups excluding carboxylic acids is 1. The third-order valence-corrected chi connectivity index (χ3v) is 5.40. The zero-order valence-electron chi connectivity index (χ0n) is 16.5. The lowest BCUT2D eigenvalue weighted by Crippen LogP contribution is -2.32. The van der Waals surface area contributed by atoms with Crippen LogP contribution in [0.2, 0.25) is 0 Å². The Kier molecular flexibility index (Phi) is 4.60. The SMILES string of the molecule is Cc1c2c(cc3c1O/C(=C\c1cccc(F)c1)C3=O)CN(Cc1ccccc1)CO2. The van der Waals surface area contributed by atoms with E-state index in [2.05, 4.69) is 17.0 Å². The van der Waals surface area contributed by atoms with E-state index in [0.29, 0.717) is 30.2 Å². The van der Waals surface area contributed by atoms with Crippen LogP contribution in [0.5, 0.6) is 11.5 Å². The third kappa shape index (κ3) is 3.37. The minimum absolute atomic E-state index is 0.194. The molecular formula is C25H20FNO3. The first-order chi connectivity index (χ1) is 14.6. The highest BCUT2D eigenvalue weighted by molar-refractivity contribution is 6.15. The summed E-state index contributed by atoms with van der Waals surface area (Å²) < 4.78 is 25.4. The van der Waals surface area contributed by atoms with Gasteiger partial charge in [0.1, 0.15) is 24.0 Å². The first kappa shape index (κ1) is 18.6. The molecule has 150 valence electrons. The molecule has 0 bridgehead atoms. The third-order valence-electron chi connectivity index (χ3n) is 5.40. The van der Waals surface area contributed by atoms with Crippen molar-refractivity contribution >= 4 is 11.9 Å². The van der Waals surface area contributed by atoms with E-state index in [0.717, 1.165) is 23.4 Å². The molecule has 0 saturated heterocycles. The lowest BCUT2D eigenvalue weighted by molar-refractivity contribution is 0.0876. The van der Waals surface area contributed by atoms with Crippen LogP contribution in [0.25, 0.3) is 6.08 Å². The van der Waals surface area contributed by atoms with Crippen LogP contribution in [0.1, 0.15) is 32.6 Å². The highest BCUT2D eigenvalue weighted by Crippen LogP contribution is 2.43. The van der Waals surface area contributed by atoms with Crippen molar-refractivity contribution in [1.29, 1.82) is 0 Å². The number of halogens is 1. The Hall–Kier alpha value is -3.44. The van der Waals surface area contributed by atoms with Gasteiger partial charge in [0, 0.05) is 24.2 Å². The quantitative estimate of drug-likeness (QED) is 0.572. The summed E-state index contributed by atoms with van der Waals surface area (Å²) in [6.45, 7) is 3.84. The zero-order chi connectivity index (χ0) is 20.7. The molecule has 2 aliphatic heterocycles. The molecule has 5 rings (SSSR count). The monoisotopic (exact) mass is 401 g/mol. The molecule has 30 heavy (non-hydrogen) atoms. The Labute approximate surface area is 174 Å². The van der Waals surface area contributed by atoms with Crippen molar-refractivity contribution in [2.75, 3.05) is 6.73 Å². The number of hydrogen-bond acceptors (Lipinski definition) is 4. The molecule has 0 atom stereocenters. The summed E-state index contributed by atoms with van der Waals surface area (Å²) in [6, 6.07) is 18.2. The number of hydrogen-bond donors (Lipinski definition) is 0. The highest BCUT2D eigenvalue weighted by Gasteiger charge is 2.33. The molecule has 0 aromatic heterocycles. The Morgan fingerprint density at radius 2 is 1.90 bits per heavy atom. The first-order valence-electron chi connectivity index (χ1n) is 9.84. The van der Waals surface area contributed by atoms with E-state index in [4.69, 9.17) is 9.47 Å². The molecule has 2 aliphatic rings. The molecule has 0 unspecified atom stereocenters. The van der Waals surface area contributed by atoms with Crippen molar-refractivity contribution in [3.05, 3.63) is 100 Å². The van der Waals surface area contributed by atoms with Gasteiger partial charge in [0.15, 0.2) is 5.76 Å².